The van der Waals surface area contributed by atoms with Crippen molar-refractivity contribution in [1.82, 2.24) is 0 Å². The van der Waals surface area contributed by atoms with Crippen molar-refractivity contribution in [3.63, 3.8) is 0 Å². The maximum atomic E-state index is 12.7. The number of esters is 2. The van der Waals surface area contributed by atoms with Crippen molar-refractivity contribution in [3.05, 3.63) is 12.2 Å². The van der Waals surface area contributed by atoms with Crippen LogP contribution in [-0.2, 0) is 28.5 Å². The van der Waals surface area contributed by atoms with E-state index in [1.807, 2.05) is 0 Å². The van der Waals surface area contributed by atoms with E-state index in [0.717, 1.165) is 38.5 Å². The molecule has 0 aromatic rings. The molecule has 1 rings (SSSR count). The number of rotatable bonds is 35. The second-order valence-electron chi connectivity index (χ2n) is 14.8. The van der Waals surface area contributed by atoms with E-state index >= 15 is 0 Å². The largest absolute Gasteiger partial charge is 0.462 e. The summed E-state index contributed by atoms with van der Waals surface area (Å²) in [5.74, 6) is -0.807. The lowest BCUT2D eigenvalue weighted by Crippen LogP contribution is -2.59. The predicted molar refractivity (Wildman–Crippen MR) is 206 cm³/mol. The molecule has 0 radical (unpaired) electrons. The van der Waals surface area contributed by atoms with E-state index in [4.69, 9.17) is 18.9 Å². The highest BCUT2D eigenvalue weighted by atomic mass is 16.7. The molecule has 52 heavy (non-hydrogen) atoms. The highest BCUT2D eigenvalue weighted by Crippen LogP contribution is 2.22. The van der Waals surface area contributed by atoms with E-state index in [0.29, 0.717) is 6.42 Å². The second kappa shape index (κ2) is 34.0. The van der Waals surface area contributed by atoms with Crippen molar-refractivity contribution >= 4 is 11.9 Å². The normalized spacial score (nSPS) is 21.1. The van der Waals surface area contributed by atoms with Crippen LogP contribution in [0.2, 0.25) is 0 Å². The van der Waals surface area contributed by atoms with E-state index < -0.39 is 49.4 Å². The average Bonchev–Trinajstić information content (AvgIpc) is 3.14. The molecule has 0 amide bonds. The summed E-state index contributed by atoms with van der Waals surface area (Å²) in [6.45, 7) is 3.38. The van der Waals surface area contributed by atoms with Crippen LogP contribution in [0.1, 0.15) is 187 Å². The van der Waals surface area contributed by atoms with Crippen molar-refractivity contribution in [2.45, 2.75) is 224 Å². The second-order valence-corrected chi connectivity index (χ2v) is 14.8. The molecule has 0 aliphatic carbocycles. The van der Waals surface area contributed by atoms with Crippen LogP contribution in [0.3, 0.4) is 0 Å². The molecule has 10 heteroatoms. The first-order valence-electron chi connectivity index (χ1n) is 21.3. The number of hydrogen-bond acceptors (Lipinski definition) is 10. The zero-order valence-electron chi connectivity index (χ0n) is 33.1. The summed E-state index contributed by atoms with van der Waals surface area (Å²) in [4.78, 5) is 25.1. The number of aliphatic hydroxyl groups excluding tert-OH is 4. The first kappa shape index (κ1) is 48.5. The zero-order chi connectivity index (χ0) is 38.1. The Morgan fingerprint density at radius 2 is 1.02 bits per heavy atom. The molecule has 0 aromatic heterocycles. The number of hydrogen-bond donors (Lipinski definition) is 4. The fraction of sp³-hybridized carbons (Fsp3) is 0.905. The molecule has 1 saturated heterocycles. The van der Waals surface area contributed by atoms with Crippen LogP contribution in [0.25, 0.3) is 0 Å². The van der Waals surface area contributed by atoms with Gasteiger partial charge in [-0.3, -0.25) is 9.59 Å². The minimum atomic E-state index is -1.59. The molecule has 1 aliphatic heterocycles. The fourth-order valence-electron chi connectivity index (χ4n) is 6.48. The molecular weight excluding hydrogens is 664 g/mol. The molecule has 0 bridgehead atoms. The lowest BCUT2D eigenvalue weighted by molar-refractivity contribution is -0.305. The topological polar surface area (TPSA) is 152 Å². The van der Waals surface area contributed by atoms with Crippen LogP contribution in [0.5, 0.6) is 0 Å². The van der Waals surface area contributed by atoms with Gasteiger partial charge in [0, 0.05) is 12.8 Å². The van der Waals surface area contributed by atoms with E-state index in [1.165, 1.54) is 116 Å². The van der Waals surface area contributed by atoms with Gasteiger partial charge in [-0.15, -0.1) is 0 Å². The van der Waals surface area contributed by atoms with Crippen LogP contribution in [-0.4, -0.2) is 89.0 Å². The molecule has 1 fully saturated rings. The summed E-state index contributed by atoms with van der Waals surface area (Å²) in [6, 6.07) is 0. The van der Waals surface area contributed by atoms with Crippen LogP contribution < -0.4 is 0 Å². The molecule has 1 aliphatic rings. The van der Waals surface area contributed by atoms with Gasteiger partial charge in [-0.1, -0.05) is 148 Å². The maximum absolute atomic E-state index is 12.7. The van der Waals surface area contributed by atoms with Gasteiger partial charge in [-0.2, -0.15) is 0 Å². The summed E-state index contributed by atoms with van der Waals surface area (Å²) in [7, 11) is 0. The first-order valence-corrected chi connectivity index (χ1v) is 21.3. The smallest absolute Gasteiger partial charge is 0.306 e. The van der Waals surface area contributed by atoms with Crippen LogP contribution in [0.15, 0.2) is 12.2 Å². The standard InChI is InChI=1S/C42H78O10/c1-3-5-7-9-11-13-14-15-16-17-18-19-20-21-22-23-25-27-29-31-38(45)51-35(33-49-37(44)30-28-26-24-12-10-8-6-4-2)34-50-42-41(48)40(47)39(46)36(32-43)52-42/h15-16,35-36,39-43,46-48H,3-14,17-34H2,1-2H3/b16-15+/t35-,36-,39+,40?,41?,42-/m1/s1. The average molecular weight is 743 g/mol. The van der Waals surface area contributed by atoms with Crippen LogP contribution in [0, 0.1) is 0 Å². The highest BCUT2D eigenvalue weighted by molar-refractivity contribution is 5.70. The van der Waals surface area contributed by atoms with Crippen molar-refractivity contribution < 1.29 is 49.0 Å². The molecule has 4 N–H and O–H groups in total. The Balaban J connectivity index is 2.29. The monoisotopic (exact) mass is 743 g/mol. The fourth-order valence-corrected chi connectivity index (χ4v) is 6.48. The Morgan fingerprint density at radius 3 is 1.50 bits per heavy atom. The van der Waals surface area contributed by atoms with Gasteiger partial charge < -0.3 is 39.4 Å². The maximum Gasteiger partial charge on any atom is 0.306 e. The summed E-state index contributed by atoms with van der Waals surface area (Å²) in [6.07, 6.45) is 26.6. The Hall–Kier alpha value is -1.56. The van der Waals surface area contributed by atoms with Gasteiger partial charge in [0.15, 0.2) is 12.4 Å². The minimum Gasteiger partial charge on any atom is -0.462 e. The molecule has 306 valence electrons. The van der Waals surface area contributed by atoms with Gasteiger partial charge in [-0.25, -0.2) is 0 Å². The molecule has 0 aromatic carbocycles. The van der Waals surface area contributed by atoms with Gasteiger partial charge in [0.05, 0.1) is 13.2 Å². The zero-order valence-corrected chi connectivity index (χ0v) is 33.1. The quantitative estimate of drug-likeness (QED) is 0.0283. The van der Waals surface area contributed by atoms with Crippen molar-refractivity contribution in [2.75, 3.05) is 19.8 Å². The third-order valence-corrected chi connectivity index (χ3v) is 9.90. The molecule has 10 nitrogen and oxygen atoms in total. The van der Waals surface area contributed by atoms with Crippen LogP contribution in [0.4, 0.5) is 0 Å². The van der Waals surface area contributed by atoms with Gasteiger partial charge in [0.1, 0.15) is 31.0 Å². The predicted octanol–water partition coefficient (Wildman–Crippen LogP) is 8.39. The summed E-state index contributed by atoms with van der Waals surface area (Å²) >= 11 is 0. The molecule has 6 atom stereocenters. The third kappa shape index (κ3) is 25.5. The van der Waals surface area contributed by atoms with Gasteiger partial charge in [0.2, 0.25) is 0 Å². The van der Waals surface area contributed by atoms with Crippen molar-refractivity contribution in [2.24, 2.45) is 0 Å². The van der Waals surface area contributed by atoms with Crippen molar-refractivity contribution in [3.8, 4) is 0 Å². The summed E-state index contributed by atoms with van der Waals surface area (Å²) in [5, 5.41) is 39.9. The minimum absolute atomic E-state index is 0.214. The Kier molecular flexibility index (Phi) is 31.7. The third-order valence-electron chi connectivity index (χ3n) is 9.90. The van der Waals surface area contributed by atoms with Crippen LogP contribution >= 0.6 is 0 Å². The molecule has 1 heterocycles. The Labute approximate surface area is 316 Å². The Morgan fingerprint density at radius 1 is 0.577 bits per heavy atom. The van der Waals surface area contributed by atoms with E-state index in [2.05, 4.69) is 26.0 Å². The van der Waals surface area contributed by atoms with E-state index in [9.17, 15) is 30.0 Å². The van der Waals surface area contributed by atoms with E-state index in [-0.39, 0.29) is 32.0 Å². The number of ether oxygens (including phenoxy) is 4. The van der Waals surface area contributed by atoms with Crippen molar-refractivity contribution in [1.29, 1.82) is 0 Å². The number of unbranched alkanes of at least 4 members (excludes halogenated alkanes) is 22. The SMILES string of the molecule is CCCCCCCC/C=C/CCCCCCCCCCCC(=O)O[C@H](COC(=O)CCCCCCCCCC)CO[C@@H]1O[C@H](CO)[C@H](O)C(O)C1O. The lowest BCUT2D eigenvalue weighted by atomic mass is 9.99. The molecule has 2 unspecified atom stereocenters. The number of allylic oxidation sites excluding steroid dienone is 2. The van der Waals surface area contributed by atoms with E-state index in [1.54, 1.807) is 0 Å². The van der Waals surface area contributed by atoms with Gasteiger partial charge >= 0.3 is 11.9 Å². The molecule has 0 saturated carbocycles. The number of carbonyl (C=O) groups is 2. The summed E-state index contributed by atoms with van der Waals surface area (Å²) in [5.41, 5.74) is 0. The van der Waals surface area contributed by atoms with Gasteiger partial charge in [0.25, 0.3) is 0 Å². The number of aliphatic hydroxyl groups is 4. The molecule has 0 spiro atoms. The number of carbonyl (C=O) groups excluding carboxylic acids is 2. The van der Waals surface area contributed by atoms with Gasteiger partial charge in [-0.05, 0) is 38.5 Å². The summed E-state index contributed by atoms with van der Waals surface area (Å²) < 4.78 is 22.1. The Bertz CT molecular complexity index is 866. The first-order chi connectivity index (χ1) is 25.3. The lowest BCUT2D eigenvalue weighted by Gasteiger charge is -2.39. The molecular formula is C42H78O10. The highest BCUT2D eigenvalue weighted by Gasteiger charge is 2.44.